The summed E-state index contributed by atoms with van der Waals surface area (Å²) in [4.78, 5) is 34.9. The lowest BCUT2D eigenvalue weighted by Crippen LogP contribution is -2.32. The van der Waals surface area contributed by atoms with Gasteiger partial charge in [0.05, 0.1) is 0 Å². The molecule has 1 aromatic heterocycles. The van der Waals surface area contributed by atoms with E-state index in [4.69, 9.17) is 16.3 Å². The number of aldehydes is 1. The van der Waals surface area contributed by atoms with Crippen molar-refractivity contribution in [1.82, 2.24) is 9.55 Å². The molecular formula is C9H8ClFN2O4. The van der Waals surface area contributed by atoms with Crippen molar-refractivity contribution in [2.75, 3.05) is 0 Å². The van der Waals surface area contributed by atoms with Crippen molar-refractivity contribution < 1.29 is 13.9 Å². The van der Waals surface area contributed by atoms with E-state index in [0.717, 1.165) is 10.8 Å². The molecule has 8 heteroatoms. The molecule has 2 heterocycles. The Morgan fingerprint density at radius 1 is 1.59 bits per heavy atom. The van der Waals surface area contributed by atoms with Crippen LogP contribution in [0.25, 0.3) is 0 Å². The quantitative estimate of drug-likeness (QED) is 0.762. The molecule has 0 spiro atoms. The predicted molar refractivity (Wildman–Crippen MR) is 55.8 cm³/mol. The van der Waals surface area contributed by atoms with Crippen molar-refractivity contribution in [3.8, 4) is 0 Å². The Morgan fingerprint density at radius 2 is 2.29 bits per heavy atom. The lowest BCUT2D eigenvalue weighted by Gasteiger charge is -2.12. The Labute approximate surface area is 99.0 Å². The van der Waals surface area contributed by atoms with Gasteiger partial charge in [0.15, 0.2) is 6.29 Å². The Balaban J connectivity index is 2.37. The third-order valence-electron chi connectivity index (χ3n) is 2.47. The zero-order valence-corrected chi connectivity index (χ0v) is 9.19. The Morgan fingerprint density at radius 3 is 2.88 bits per heavy atom. The van der Waals surface area contributed by atoms with E-state index in [2.05, 4.69) is 0 Å². The van der Waals surface area contributed by atoms with E-state index >= 15 is 0 Å². The molecule has 0 radical (unpaired) electrons. The second-order valence-corrected chi connectivity index (χ2v) is 3.99. The maximum Gasteiger partial charge on any atom is 0.330 e. The van der Waals surface area contributed by atoms with Crippen LogP contribution in [0.4, 0.5) is 4.39 Å². The highest BCUT2D eigenvalue weighted by Crippen LogP contribution is 2.28. The molecule has 1 aliphatic heterocycles. The molecule has 1 saturated heterocycles. The summed E-state index contributed by atoms with van der Waals surface area (Å²) < 4.78 is 19.2. The first-order valence-corrected chi connectivity index (χ1v) is 5.16. The first-order valence-electron chi connectivity index (χ1n) is 4.78. The summed E-state index contributed by atoms with van der Waals surface area (Å²) in [6, 6.07) is 0. The number of aromatic amines is 1. The molecule has 0 saturated carbocycles. The van der Waals surface area contributed by atoms with Crippen molar-refractivity contribution in [2.45, 2.75) is 24.9 Å². The maximum atomic E-state index is 13.3. The third kappa shape index (κ3) is 2.16. The third-order valence-corrected chi connectivity index (χ3v) is 2.74. The minimum atomic E-state index is -1.48. The minimum absolute atomic E-state index is 0.147. The van der Waals surface area contributed by atoms with Gasteiger partial charge in [0.25, 0.3) is 5.56 Å². The number of alkyl halides is 1. The van der Waals surface area contributed by atoms with Crippen LogP contribution in [-0.4, -0.2) is 28.1 Å². The van der Waals surface area contributed by atoms with Gasteiger partial charge in [0.2, 0.25) is 0 Å². The van der Waals surface area contributed by atoms with Crippen molar-refractivity contribution in [2.24, 2.45) is 0 Å². The fourth-order valence-corrected chi connectivity index (χ4v) is 1.77. The number of halogens is 2. The van der Waals surface area contributed by atoms with Crippen LogP contribution < -0.4 is 11.2 Å². The number of carbonyl (C=O) groups excluding carboxylic acids is 1. The SMILES string of the molecule is O=C[C@H]1O[C@@H](n2cc(Cl)c(=O)[nH]c2=O)C[C@@H]1F. The molecule has 3 atom stereocenters. The molecule has 1 aromatic rings. The van der Waals surface area contributed by atoms with Gasteiger partial charge < -0.3 is 9.53 Å². The van der Waals surface area contributed by atoms with E-state index in [0.29, 0.717) is 6.29 Å². The molecular weight excluding hydrogens is 255 g/mol. The van der Waals surface area contributed by atoms with Crippen LogP contribution in [0.5, 0.6) is 0 Å². The first kappa shape index (κ1) is 12.0. The largest absolute Gasteiger partial charge is 0.344 e. The number of hydrogen-bond acceptors (Lipinski definition) is 4. The van der Waals surface area contributed by atoms with Crippen LogP contribution >= 0.6 is 11.6 Å². The number of ether oxygens (including phenoxy) is 1. The topological polar surface area (TPSA) is 81.2 Å². The van der Waals surface area contributed by atoms with Crippen LogP contribution in [0.2, 0.25) is 5.02 Å². The van der Waals surface area contributed by atoms with Gasteiger partial charge >= 0.3 is 5.69 Å². The predicted octanol–water partition coefficient (Wildman–Crippen LogP) is 0.0145. The maximum absolute atomic E-state index is 13.3. The van der Waals surface area contributed by atoms with Crippen LogP contribution in [0, 0.1) is 0 Å². The highest BCUT2D eigenvalue weighted by Gasteiger charge is 2.36. The normalized spacial score (nSPS) is 28.2. The highest BCUT2D eigenvalue weighted by molar-refractivity contribution is 6.30. The summed E-state index contributed by atoms with van der Waals surface area (Å²) >= 11 is 5.55. The van der Waals surface area contributed by atoms with Gasteiger partial charge in [-0.25, -0.2) is 9.18 Å². The molecule has 92 valence electrons. The highest BCUT2D eigenvalue weighted by atomic mass is 35.5. The summed E-state index contributed by atoms with van der Waals surface area (Å²) in [5.41, 5.74) is -1.49. The molecule has 6 nitrogen and oxygen atoms in total. The van der Waals surface area contributed by atoms with Gasteiger partial charge in [-0.15, -0.1) is 0 Å². The van der Waals surface area contributed by atoms with E-state index in [9.17, 15) is 18.8 Å². The lowest BCUT2D eigenvalue weighted by atomic mass is 10.2. The Kier molecular flexibility index (Phi) is 3.12. The summed E-state index contributed by atoms with van der Waals surface area (Å²) in [5.74, 6) is 0. The molecule has 1 aliphatic rings. The van der Waals surface area contributed by atoms with Gasteiger partial charge in [0, 0.05) is 12.6 Å². The van der Waals surface area contributed by atoms with Crippen LogP contribution in [0.3, 0.4) is 0 Å². The number of hydrogen-bond donors (Lipinski definition) is 1. The second-order valence-electron chi connectivity index (χ2n) is 3.59. The molecule has 2 rings (SSSR count). The van der Waals surface area contributed by atoms with E-state index in [1.54, 1.807) is 0 Å². The van der Waals surface area contributed by atoms with E-state index in [1.807, 2.05) is 4.98 Å². The second kappa shape index (κ2) is 4.42. The number of carbonyl (C=O) groups is 1. The van der Waals surface area contributed by atoms with Crippen LogP contribution in [0.1, 0.15) is 12.6 Å². The van der Waals surface area contributed by atoms with Gasteiger partial charge in [0.1, 0.15) is 23.5 Å². The standard InChI is InChI=1S/C9H8ClFN2O4/c10-4-2-13(9(16)12-8(4)15)7-1-5(11)6(3-14)17-7/h2-3,5-7H,1H2,(H,12,15,16)/t5-,6+,7+/m0/s1. The molecule has 17 heavy (non-hydrogen) atoms. The summed E-state index contributed by atoms with van der Waals surface area (Å²) in [7, 11) is 0. The first-order chi connectivity index (χ1) is 8.02. The van der Waals surface area contributed by atoms with Crippen molar-refractivity contribution >= 4 is 17.9 Å². The minimum Gasteiger partial charge on any atom is -0.344 e. The van der Waals surface area contributed by atoms with E-state index < -0.39 is 29.8 Å². The van der Waals surface area contributed by atoms with Crippen molar-refractivity contribution in [1.29, 1.82) is 0 Å². The van der Waals surface area contributed by atoms with Crippen LogP contribution in [-0.2, 0) is 9.53 Å². The molecule has 0 aromatic carbocycles. The molecule has 0 bridgehead atoms. The average Bonchev–Trinajstić information content (AvgIpc) is 2.65. The van der Waals surface area contributed by atoms with E-state index in [-0.39, 0.29) is 11.4 Å². The van der Waals surface area contributed by atoms with Gasteiger partial charge in [-0.05, 0) is 0 Å². The average molecular weight is 263 g/mol. The van der Waals surface area contributed by atoms with Crippen molar-refractivity contribution in [3.05, 3.63) is 32.1 Å². The fourth-order valence-electron chi connectivity index (χ4n) is 1.62. The van der Waals surface area contributed by atoms with Gasteiger partial charge in [-0.3, -0.25) is 14.3 Å². The smallest absolute Gasteiger partial charge is 0.330 e. The fraction of sp³-hybridized carbons (Fsp3) is 0.444. The van der Waals surface area contributed by atoms with Gasteiger partial charge in [-0.2, -0.15) is 0 Å². The van der Waals surface area contributed by atoms with Crippen LogP contribution in [0.15, 0.2) is 15.8 Å². The zero-order valence-electron chi connectivity index (χ0n) is 8.43. The lowest BCUT2D eigenvalue weighted by molar-refractivity contribution is -0.121. The monoisotopic (exact) mass is 262 g/mol. The molecule has 0 unspecified atom stereocenters. The molecule has 1 fully saturated rings. The number of H-pyrrole nitrogens is 1. The van der Waals surface area contributed by atoms with E-state index in [1.165, 1.54) is 0 Å². The summed E-state index contributed by atoms with van der Waals surface area (Å²) in [6.07, 6.45) is -2.36. The number of aromatic nitrogens is 2. The van der Waals surface area contributed by atoms with Gasteiger partial charge in [-0.1, -0.05) is 11.6 Å². The molecule has 1 N–H and O–H groups in total. The number of rotatable bonds is 2. The summed E-state index contributed by atoms with van der Waals surface area (Å²) in [6.45, 7) is 0. The summed E-state index contributed by atoms with van der Waals surface area (Å²) in [5, 5.41) is -0.210. The number of nitrogens with zero attached hydrogens (tertiary/aromatic N) is 1. The molecule has 0 amide bonds. The number of nitrogens with one attached hydrogen (secondary N) is 1. The molecule has 0 aliphatic carbocycles. The Bertz CT molecular complexity index is 555. The van der Waals surface area contributed by atoms with Crippen molar-refractivity contribution in [3.63, 3.8) is 0 Å². The zero-order chi connectivity index (χ0) is 12.6. The Hall–Kier alpha value is -1.47.